The molecule has 1 N–H and O–H groups in total. The SMILES string of the molecule is CNS(=O)(=O)c1ccc(C(=O)/C=C/c2cccc(OC)c2)cc1. The fourth-order valence-corrected chi connectivity index (χ4v) is 2.66. The quantitative estimate of drug-likeness (QED) is 0.652. The lowest BCUT2D eigenvalue weighted by molar-refractivity contribution is 0.104. The first-order chi connectivity index (χ1) is 11.0. The minimum absolute atomic E-state index is 0.119. The zero-order valence-electron chi connectivity index (χ0n) is 12.8. The van der Waals surface area contributed by atoms with E-state index >= 15 is 0 Å². The van der Waals surface area contributed by atoms with E-state index in [-0.39, 0.29) is 10.7 Å². The zero-order chi connectivity index (χ0) is 16.9. The fourth-order valence-electron chi connectivity index (χ4n) is 1.93. The normalized spacial score (nSPS) is 11.6. The van der Waals surface area contributed by atoms with Gasteiger partial charge in [-0.3, -0.25) is 4.79 Å². The predicted molar refractivity (Wildman–Crippen MR) is 89.0 cm³/mol. The van der Waals surface area contributed by atoms with Crippen LogP contribution in [0.25, 0.3) is 6.08 Å². The van der Waals surface area contributed by atoms with E-state index in [1.54, 1.807) is 13.2 Å². The van der Waals surface area contributed by atoms with Gasteiger partial charge in [0.1, 0.15) is 5.75 Å². The Balaban J connectivity index is 2.16. The molecule has 120 valence electrons. The standard InChI is InChI=1S/C17H17NO4S/c1-18-23(20,21)16-9-7-14(8-10-16)17(19)11-6-13-4-3-5-15(12-13)22-2/h3-12,18H,1-2H3/b11-6+. The largest absolute Gasteiger partial charge is 0.497 e. The molecule has 0 amide bonds. The second-order valence-corrected chi connectivity index (χ2v) is 6.59. The van der Waals surface area contributed by atoms with Crippen LogP contribution in [0.4, 0.5) is 0 Å². The molecule has 0 saturated heterocycles. The van der Waals surface area contributed by atoms with Gasteiger partial charge >= 0.3 is 0 Å². The molecule has 2 rings (SSSR count). The summed E-state index contributed by atoms with van der Waals surface area (Å²) in [5.41, 5.74) is 1.26. The van der Waals surface area contributed by atoms with E-state index in [0.717, 1.165) is 5.56 Å². The van der Waals surface area contributed by atoms with Crippen molar-refractivity contribution in [2.75, 3.05) is 14.2 Å². The lowest BCUT2D eigenvalue weighted by atomic mass is 10.1. The molecule has 0 aromatic heterocycles. The summed E-state index contributed by atoms with van der Waals surface area (Å²) >= 11 is 0. The Morgan fingerprint density at radius 1 is 1.13 bits per heavy atom. The van der Waals surface area contributed by atoms with E-state index in [1.165, 1.54) is 37.4 Å². The Morgan fingerprint density at radius 3 is 2.43 bits per heavy atom. The van der Waals surface area contributed by atoms with Gasteiger partial charge in [0.25, 0.3) is 0 Å². The van der Waals surface area contributed by atoms with Crippen LogP contribution in [0.1, 0.15) is 15.9 Å². The van der Waals surface area contributed by atoms with E-state index in [1.807, 2.05) is 24.3 Å². The lowest BCUT2D eigenvalue weighted by Gasteiger charge is -2.03. The lowest BCUT2D eigenvalue weighted by Crippen LogP contribution is -2.18. The Morgan fingerprint density at radius 2 is 1.83 bits per heavy atom. The van der Waals surface area contributed by atoms with Crippen LogP contribution in [0.2, 0.25) is 0 Å². The van der Waals surface area contributed by atoms with Crippen LogP contribution in [-0.4, -0.2) is 28.4 Å². The van der Waals surface area contributed by atoms with Gasteiger partial charge in [0, 0.05) is 5.56 Å². The van der Waals surface area contributed by atoms with Gasteiger partial charge in [0.2, 0.25) is 10.0 Å². The molecule has 0 heterocycles. The fraction of sp³-hybridized carbons (Fsp3) is 0.118. The van der Waals surface area contributed by atoms with Crippen LogP contribution < -0.4 is 9.46 Å². The van der Waals surface area contributed by atoms with Crippen molar-refractivity contribution in [3.05, 3.63) is 65.7 Å². The van der Waals surface area contributed by atoms with Crippen molar-refractivity contribution >= 4 is 21.9 Å². The third-order valence-corrected chi connectivity index (χ3v) is 4.67. The zero-order valence-corrected chi connectivity index (χ0v) is 13.6. The van der Waals surface area contributed by atoms with Crippen LogP contribution in [-0.2, 0) is 10.0 Å². The van der Waals surface area contributed by atoms with E-state index in [4.69, 9.17) is 4.74 Å². The van der Waals surface area contributed by atoms with E-state index < -0.39 is 10.0 Å². The number of methoxy groups -OCH3 is 1. The molecule has 0 atom stereocenters. The molecule has 2 aromatic rings. The van der Waals surface area contributed by atoms with Crippen LogP contribution in [0, 0.1) is 0 Å². The third-order valence-electron chi connectivity index (χ3n) is 3.24. The average Bonchev–Trinajstić information content (AvgIpc) is 2.60. The Bertz CT molecular complexity index is 824. The maximum atomic E-state index is 12.1. The first kappa shape index (κ1) is 16.9. The van der Waals surface area contributed by atoms with Gasteiger partial charge in [-0.05, 0) is 55.1 Å². The van der Waals surface area contributed by atoms with Gasteiger partial charge < -0.3 is 4.74 Å². The molecule has 23 heavy (non-hydrogen) atoms. The van der Waals surface area contributed by atoms with Gasteiger partial charge in [-0.2, -0.15) is 0 Å². The highest BCUT2D eigenvalue weighted by Gasteiger charge is 2.11. The second-order valence-electron chi connectivity index (χ2n) is 4.71. The van der Waals surface area contributed by atoms with Crippen molar-refractivity contribution in [3.63, 3.8) is 0 Å². The highest BCUT2D eigenvalue weighted by Crippen LogP contribution is 2.15. The maximum absolute atomic E-state index is 12.1. The number of sulfonamides is 1. The number of ketones is 1. The maximum Gasteiger partial charge on any atom is 0.240 e. The van der Waals surface area contributed by atoms with Crippen molar-refractivity contribution in [1.29, 1.82) is 0 Å². The van der Waals surface area contributed by atoms with Crippen LogP contribution in [0.15, 0.2) is 59.5 Å². The summed E-state index contributed by atoms with van der Waals surface area (Å²) in [6, 6.07) is 13.1. The number of benzene rings is 2. The molecule has 0 radical (unpaired) electrons. The van der Waals surface area contributed by atoms with E-state index in [0.29, 0.717) is 11.3 Å². The predicted octanol–water partition coefficient (Wildman–Crippen LogP) is 2.50. The molecule has 5 nitrogen and oxygen atoms in total. The minimum Gasteiger partial charge on any atom is -0.497 e. The molecule has 0 bridgehead atoms. The van der Waals surface area contributed by atoms with Crippen molar-refractivity contribution in [2.24, 2.45) is 0 Å². The number of carbonyl (C=O) groups excluding carboxylic acids is 1. The van der Waals surface area contributed by atoms with Crippen molar-refractivity contribution < 1.29 is 17.9 Å². The molecule has 0 aliphatic rings. The summed E-state index contributed by atoms with van der Waals surface area (Å²) < 4.78 is 30.6. The number of nitrogens with one attached hydrogen (secondary N) is 1. The van der Waals surface area contributed by atoms with Gasteiger partial charge in [0.15, 0.2) is 5.78 Å². The Kier molecular flexibility index (Phi) is 5.31. The number of allylic oxidation sites excluding steroid dienone is 1. The smallest absolute Gasteiger partial charge is 0.240 e. The molecule has 6 heteroatoms. The van der Waals surface area contributed by atoms with Crippen molar-refractivity contribution in [2.45, 2.75) is 4.90 Å². The monoisotopic (exact) mass is 331 g/mol. The summed E-state index contributed by atoms with van der Waals surface area (Å²) in [4.78, 5) is 12.2. The van der Waals surface area contributed by atoms with Crippen molar-refractivity contribution in [3.8, 4) is 5.75 Å². The molecule has 0 unspecified atom stereocenters. The molecular formula is C17H17NO4S. The first-order valence-corrected chi connectivity index (χ1v) is 8.34. The summed E-state index contributed by atoms with van der Waals surface area (Å²) in [6.07, 6.45) is 3.12. The molecule has 0 fully saturated rings. The number of carbonyl (C=O) groups is 1. The van der Waals surface area contributed by atoms with Gasteiger partial charge in [-0.1, -0.05) is 18.2 Å². The second kappa shape index (κ2) is 7.21. The average molecular weight is 331 g/mol. The number of hydrogen-bond donors (Lipinski definition) is 1. The van der Waals surface area contributed by atoms with E-state index in [2.05, 4.69) is 4.72 Å². The molecule has 0 aliphatic heterocycles. The van der Waals surface area contributed by atoms with E-state index in [9.17, 15) is 13.2 Å². The summed E-state index contributed by atoms with van der Waals surface area (Å²) in [6.45, 7) is 0. The van der Waals surface area contributed by atoms with Gasteiger partial charge in [0.05, 0.1) is 12.0 Å². The van der Waals surface area contributed by atoms with Crippen LogP contribution >= 0.6 is 0 Å². The minimum atomic E-state index is -3.50. The molecule has 2 aromatic carbocycles. The molecular weight excluding hydrogens is 314 g/mol. The third kappa shape index (κ3) is 4.28. The number of hydrogen-bond acceptors (Lipinski definition) is 4. The first-order valence-electron chi connectivity index (χ1n) is 6.86. The molecule has 0 saturated carbocycles. The van der Waals surface area contributed by atoms with Crippen LogP contribution in [0.3, 0.4) is 0 Å². The Hall–Kier alpha value is -2.44. The number of ether oxygens (including phenoxy) is 1. The summed E-state index contributed by atoms with van der Waals surface area (Å²) in [5, 5.41) is 0. The van der Waals surface area contributed by atoms with Gasteiger partial charge in [-0.15, -0.1) is 0 Å². The highest BCUT2D eigenvalue weighted by molar-refractivity contribution is 7.89. The Labute approximate surface area is 135 Å². The summed E-state index contributed by atoms with van der Waals surface area (Å²) in [5.74, 6) is 0.502. The molecule has 0 aliphatic carbocycles. The van der Waals surface area contributed by atoms with Crippen molar-refractivity contribution in [1.82, 2.24) is 4.72 Å². The number of rotatable bonds is 6. The van der Waals surface area contributed by atoms with Gasteiger partial charge in [-0.25, -0.2) is 13.1 Å². The highest BCUT2D eigenvalue weighted by atomic mass is 32.2. The van der Waals surface area contributed by atoms with Crippen LogP contribution in [0.5, 0.6) is 5.75 Å². The summed E-state index contributed by atoms with van der Waals surface area (Å²) in [7, 11) is -0.580. The molecule has 0 spiro atoms. The topological polar surface area (TPSA) is 72.5 Å².